The summed E-state index contributed by atoms with van der Waals surface area (Å²) < 4.78 is 8.00. The molecular formula is C16H21NO. The molecule has 96 valence electrons. The minimum Gasteiger partial charge on any atom is -0.491 e. The van der Waals surface area contributed by atoms with Crippen LogP contribution in [0, 0.1) is 0 Å². The summed E-state index contributed by atoms with van der Waals surface area (Å²) >= 11 is 0. The Kier molecular flexibility index (Phi) is 4.08. The lowest BCUT2D eigenvalue weighted by atomic mass is 10.2. The number of ether oxygens (including phenoxy) is 1. The van der Waals surface area contributed by atoms with E-state index >= 15 is 0 Å². The van der Waals surface area contributed by atoms with Crippen LogP contribution in [0.5, 0.6) is 5.75 Å². The third kappa shape index (κ3) is 2.95. The summed E-state index contributed by atoms with van der Waals surface area (Å²) in [5.74, 6) is 0.946. The number of fused-ring (bicyclic) bond motifs is 1. The normalized spacial score (nSPS) is 11.1. The minimum absolute atomic E-state index is 0.220. The molecule has 0 N–H and O–H groups in total. The lowest BCUT2D eigenvalue weighted by molar-refractivity contribution is 0.243. The molecule has 1 heterocycles. The Morgan fingerprint density at radius 3 is 2.89 bits per heavy atom. The van der Waals surface area contributed by atoms with E-state index in [0.29, 0.717) is 0 Å². The van der Waals surface area contributed by atoms with Crippen LogP contribution < -0.4 is 4.74 Å². The van der Waals surface area contributed by atoms with Crippen LogP contribution in [0.3, 0.4) is 0 Å². The molecular weight excluding hydrogens is 222 g/mol. The molecule has 0 saturated carbocycles. The van der Waals surface area contributed by atoms with E-state index < -0.39 is 0 Å². The van der Waals surface area contributed by atoms with E-state index in [4.69, 9.17) is 4.74 Å². The lowest BCUT2D eigenvalue weighted by Gasteiger charge is -2.10. The predicted octanol–water partition coefficient (Wildman–Crippen LogP) is 4.39. The first-order valence-corrected chi connectivity index (χ1v) is 6.57. The molecule has 0 aliphatic heterocycles. The van der Waals surface area contributed by atoms with Crippen LogP contribution in [-0.4, -0.2) is 10.7 Å². The number of unbranched alkanes of at least 4 members (excludes halogenated alkanes) is 1. The minimum atomic E-state index is 0.220. The predicted molar refractivity (Wildman–Crippen MR) is 77.1 cm³/mol. The Morgan fingerprint density at radius 1 is 1.33 bits per heavy atom. The molecule has 2 rings (SSSR count). The largest absolute Gasteiger partial charge is 0.491 e. The summed E-state index contributed by atoms with van der Waals surface area (Å²) in [6.45, 7) is 8.89. The van der Waals surface area contributed by atoms with E-state index in [1.54, 1.807) is 0 Å². The van der Waals surface area contributed by atoms with Crippen molar-refractivity contribution in [2.45, 2.75) is 39.3 Å². The second-order valence-electron chi connectivity index (χ2n) is 4.83. The van der Waals surface area contributed by atoms with Crippen molar-refractivity contribution in [2.75, 3.05) is 0 Å². The molecule has 0 spiro atoms. The van der Waals surface area contributed by atoms with Gasteiger partial charge in [-0.15, -0.1) is 6.58 Å². The Hall–Kier alpha value is -1.70. The van der Waals surface area contributed by atoms with Crippen molar-refractivity contribution < 1.29 is 4.74 Å². The molecule has 2 aromatic rings. The van der Waals surface area contributed by atoms with Crippen LogP contribution in [0.4, 0.5) is 0 Å². The number of nitrogens with zero attached hydrogens (tertiary/aromatic N) is 1. The Morgan fingerprint density at radius 2 is 2.17 bits per heavy atom. The summed E-state index contributed by atoms with van der Waals surface area (Å²) in [7, 11) is 0. The highest BCUT2D eigenvalue weighted by Gasteiger charge is 2.03. The van der Waals surface area contributed by atoms with Crippen molar-refractivity contribution in [3.8, 4) is 5.75 Å². The molecule has 0 radical (unpaired) electrons. The van der Waals surface area contributed by atoms with Gasteiger partial charge in [0.25, 0.3) is 0 Å². The standard InChI is InChI=1S/C16H21NO/c1-4-5-6-10-17-11-9-14-12-15(18-13(2)3)7-8-16(14)17/h4,7-9,11-13H,1,5-6,10H2,2-3H3. The first kappa shape index (κ1) is 12.7. The summed E-state index contributed by atoms with van der Waals surface area (Å²) in [4.78, 5) is 0. The number of hydrogen-bond donors (Lipinski definition) is 0. The zero-order valence-corrected chi connectivity index (χ0v) is 11.2. The first-order chi connectivity index (χ1) is 8.70. The number of allylic oxidation sites excluding steroid dienone is 1. The monoisotopic (exact) mass is 243 g/mol. The van der Waals surface area contributed by atoms with Gasteiger partial charge < -0.3 is 9.30 Å². The van der Waals surface area contributed by atoms with Gasteiger partial charge in [0, 0.05) is 23.6 Å². The van der Waals surface area contributed by atoms with Gasteiger partial charge in [-0.3, -0.25) is 0 Å². The number of rotatable bonds is 6. The quantitative estimate of drug-likeness (QED) is 0.542. The molecule has 1 aromatic heterocycles. The number of hydrogen-bond acceptors (Lipinski definition) is 1. The Balaban J connectivity index is 2.18. The molecule has 2 heteroatoms. The smallest absolute Gasteiger partial charge is 0.120 e. The van der Waals surface area contributed by atoms with Gasteiger partial charge in [-0.2, -0.15) is 0 Å². The van der Waals surface area contributed by atoms with E-state index in [2.05, 4.69) is 35.5 Å². The zero-order valence-electron chi connectivity index (χ0n) is 11.2. The average Bonchev–Trinajstić information content (AvgIpc) is 2.71. The van der Waals surface area contributed by atoms with Crippen molar-refractivity contribution in [1.29, 1.82) is 0 Å². The van der Waals surface area contributed by atoms with Gasteiger partial charge in [0.2, 0.25) is 0 Å². The van der Waals surface area contributed by atoms with Gasteiger partial charge in [0.05, 0.1) is 6.10 Å². The van der Waals surface area contributed by atoms with Crippen molar-refractivity contribution in [3.05, 3.63) is 43.1 Å². The van der Waals surface area contributed by atoms with Crippen molar-refractivity contribution in [2.24, 2.45) is 0 Å². The third-order valence-electron chi connectivity index (χ3n) is 2.92. The second-order valence-corrected chi connectivity index (χ2v) is 4.83. The maximum atomic E-state index is 5.71. The fourth-order valence-corrected chi connectivity index (χ4v) is 2.12. The van der Waals surface area contributed by atoms with Gasteiger partial charge in [-0.05, 0) is 51.0 Å². The van der Waals surface area contributed by atoms with Crippen molar-refractivity contribution >= 4 is 10.9 Å². The summed E-state index contributed by atoms with van der Waals surface area (Å²) in [6, 6.07) is 8.45. The third-order valence-corrected chi connectivity index (χ3v) is 2.92. The van der Waals surface area contributed by atoms with Gasteiger partial charge in [0.15, 0.2) is 0 Å². The van der Waals surface area contributed by atoms with Gasteiger partial charge in [-0.1, -0.05) is 6.08 Å². The van der Waals surface area contributed by atoms with E-state index in [9.17, 15) is 0 Å². The number of benzene rings is 1. The van der Waals surface area contributed by atoms with E-state index in [1.165, 1.54) is 10.9 Å². The van der Waals surface area contributed by atoms with Crippen LogP contribution in [0.15, 0.2) is 43.1 Å². The maximum absolute atomic E-state index is 5.71. The molecule has 0 aliphatic rings. The Labute approximate surface area is 109 Å². The van der Waals surface area contributed by atoms with Crippen LogP contribution in [-0.2, 0) is 6.54 Å². The van der Waals surface area contributed by atoms with Gasteiger partial charge in [0.1, 0.15) is 5.75 Å². The molecule has 18 heavy (non-hydrogen) atoms. The SMILES string of the molecule is C=CCCCn1ccc2cc(OC(C)C)ccc21. The fourth-order valence-electron chi connectivity index (χ4n) is 2.12. The van der Waals surface area contributed by atoms with Gasteiger partial charge >= 0.3 is 0 Å². The van der Waals surface area contributed by atoms with Crippen LogP contribution in [0.2, 0.25) is 0 Å². The molecule has 0 aliphatic carbocycles. The van der Waals surface area contributed by atoms with Crippen LogP contribution in [0.25, 0.3) is 10.9 Å². The van der Waals surface area contributed by atoms with Crippen molar-refractivity contribution in [3.63, 3.8) is 0 Å². The molecule has 0 saturated heterocycles. The van der Waals surface area contributed by atoms with Crippen LogP contribution >= 0.6 is 0 Å². The fraction of sp³-hybridized carbons (Fsp3) is 0.375. The number of aryl methyl sites for hydroxylation is 1. The van der Waals surface area contributed by atoms with Gasteiger partial charge in [-0.25, -0.2) is 0 Å². The highest BCUT2D eigenvalue weighted by atomic mass is 16.5. The first-order valence-electron chi connectivity index (χ1n) is 6.57. The van der Waals surface area contributed by atoms with E-state index in [0.717, 1.165) is 25.1 Å². The molecule has 0 bridgehead atoms. The van der Waals surface area contributed by atoms with Crippen molar-refractivity contribution in [1.82, 2.24) is 4.57 Å². The lowest BCUT2D eigenvalue weighted by Crippen LogP contribution is -2.05. The molecule has 0 unspecified atom stereocenters. The topological polar surface area (TPSA) is 14.2 Å². The molecule has 1 aromatic carbocycles. The van der Waals surface area contributed by atoms with E-state index in [1.807, 2.05) is 26.0 Å². The summed E-state index contributed by atoms with van der Waals surface area (Å²) in [6.07, 6.45) is 6.54. The maximum Gasteiger partial charge on any atom is 0.120 e. The highest BCUT2D eigenvalue weighted by molar-refractivity contribution is 5.81. The molecule has 0 fully saturated rings. The molecule has 2 nitrogen and oxygen atoms in total. The van der Waals surface area contributed by atoms with Crippen LogP contribution in [0.1, 0.15) is 26.7 Å². The molecule has 0 amide bonds. The van der Waals surface area contributed by atoms with E-state index in [-0.39, 0.29) is 6.10 Å². The second kappa shape index (κ2) is 5.76. The summed E-state index contributed by atoms with van der Waals surface area (Å²) in [5.41, 5.74) is 1.27. The highest BCUT2D eigenvalue weighted by Crippen LogP contribution is 2.23. The molecule has 0 atom stereocenters. The zero-order chi connectivity index (χ0) is 13.0. The average molecular weight is 243 g/mol. The summed E-state index contributed by atoms with van der Waals surface area (Å²) in [5, 5.41) is 1.24. The Bertz CT molecular complexity index is 525. The number of aromatic nitrogens is 1.